The van der Waals surface area contributed by atoms with E-state index in [1.807, 2.05) is 40.5 Å². The van der Waals surface area contributed by atoms with E-state index in [9.17, 15) is 4.79 Å². The molecule has 0 spiro atoms. The van der Waals surface area contributed by atoms with Crippen LogP contribution >= 0.6 is 0 Å². The van der Waals surface area contributed by atoms with Gasteiger partial charge in [-0.15, -0.1) is 0 Å². The molecule has 0 aromatic carbocycles. The van der Waals surface area contributed by atoms with Gasteiger partial charge in [0.1, 0.15) is 0 Å². The van der Waals surface area contributed by atoms with Crippen molar-refractivity contribution in [3.8, 4) is 0 Å². The number of hydrogen-bond acceptors (Lipinski definition) is 1. The Kier molecular flexibility index (Phi) is 30.0. The largest absolute Gasteiger partial charge is 0.428 e. The van der Waals surface area contributed by atoms with Gasteiger partial charge in [0.15, 0.2) is 0 Å². The van der Waals surface area contributed by atoms with Gasteiger partial charge in [-0.25, -0.2) is 0 Å². The predicted octanol–water partition coefficient (Wildman–Crippen LogP) is 2.29. The van der Waals surface area contributed by atoms with Crippen LogP contribution in [0, 0.1) is 26.0 Å². The predicted molar refractivity (Wildman–Crippen MR) is 59.9 cm³/mol. The molecule has 0 aromatic heterocycles. The van der Waals surface area contributed by atoms with Gasteiger partial charge in [0.2, 0.25) is 0 Å². The summed E-state index contributed by atoms with van der Waals surface area (Å²) in [5, 5.41) is 2.46. The Balaban J connectivity index is -0.0000000785. The van der Waals surface area contributed by atoms with E-state index in [0.717, 1.165) is 0 Å². The van der Waals surface area contributed by atoms with Crippen LogP contribution in [0.2, 0.25) is 0 Å². The van der Waals surface area contributed by atoms with Gasteiger partial charge >= 0.3 is 0 Å². The Morgan fingerprint density at radius 2 is 1.38 bits per heavy atom. The second-order valence-corrected chi connectivity index (χ2v) is 2.78. The van der Waals surface area contributed by atoms with E-state index in [2.05, 4.69) is 5.32 Å². The van der Waals surface area contributed by atoms with E-state index in [1.165, 1.54) is 0 Å². The molecular weight excluding hydrogens is 352 g/mol. The van der Waals surface area contributed by atoms with Gasteiger partial charge in [0.25, 0.3) is 0 Å². The first-order valence-electron chi connectivity index (χ1n) is 4.55. The summed E-state index contributed by atoms with van der Waals surface area (Å²) in [4.78, 5) is 10.4. The van der Waals surface area contributed by atoms with Crippen LogP contribution in [0.4, 0.5) is 0 Å². The Morgan fingerprint density at radius 3 is 1.44 bits per heavy atom. The van der Waals surface area contributed by atoms with Crippen LogP contribution in [-0.4, -0.2) is 12.5 Å². The van der Waals surface area contributed by atoms with Crippen molar-refractivity contribution < 1.29 is 70.2 Å². The van der Waals surface area contributed by atoms with E-state index in [1.54, 1.807) is 0 Å². The van der Waals surface area contributed by atoms with Crippen LogP contribution in [0.5, 0.6) is 0 Å². The standard InChI is InChI=1S/C6H5NO.2C3H7.2Y/c1-4-3-7-6(8)5(4)2;2*1-3-2;;/h1-2H,3H2,(H,7,8);2*3H,1-2H3;;/q-2;2*-1;;. The number of carbonyl (C=O) groups is 1. The number of amides is 1. The number of rotatable bonds is 0. The van der Waals surface area contributed by atoms with Crippen LogP contribution in [0.25, 0.3) is 0 Å². The zero-order valence-electron chi connectivity index (χ0n) is 10.6. The van der Waals surface area contributed by atoms with E-state index in [-0.39, 0.29) is 76.9 Å². The van der Waals surface area contributed by atoms with Crippen LogP contribution in [-0.2, 0) is 70.2 Å². The van der Waals surface area contributed by atoms with Crippen molar-refractivity contribution in [3.63, 3.8) is 0 Å². The minimum absolute atomic E-state index is 0. The van der Waals surface area contributed by atoms with E-state index >= 15 is 0 Å². The number of nitrogens with one attached hydrogen (secondary N) is 1. The molecule has 1 fully saturated rings. The molecule has 16 heavy (non-hydrogen) atoms. The van der Waals surface area contributed by atoms with E-state index in [4.69, 9.17) is 13.2 Å². The van der Waals surface area contributed by atoms with Crippen LogP contribution < -0.4 is 5.32 Å². The molecule has 1 aliphatic rings. The Morgan fingerprint density at radius 1 is 1.06 bits per heavy atom. The molecule has 0 bridgehead atoms. The average molecular weight is 371 g/mol. The van der Waals surface area contributed by atoms with Crippen LogP contribution in [0.3, 0.4) is 0 Å². The first kappa shape index (κ1) is 25.9. The van der Waals surface area contributed by atoms with Gasteiger partial charge in [0, 0.05) is 65.4 Å². The molecule has 4 heteroatoms. The second-order valence-electron chi connectivity index (χ2n) is 2.78. The summed E-state index contributed by atoms with van der Waals surface area (Å²) >= 11 is 0. The SMILES string of the molecule is C[CH-]C.C[CH-]C.[CH-]=C1CNC(=O)C1=[CH-].[Y].[Y]. The van der Waals surface area contributed by atoms with Gasteiger partial charge in [-0.1, -0.05) is 0 Å². The summed E-state index contributed by atoms with van der Waals surface area (Å²) in [6.07, 6.45) is 4.00. The fourth-order valence-corrected chi connectivity index (χ4v) is 0.512. The first-order chi connectivity index (χ1) is 6.54. The quantitative estimate of drug-likeness (QED) is 0.514. The third-order valence-corrected chi connectivity index (χ3v) is 1.03. The molecule has 1 amide bonds. The van der Waals surface area contributed by atoms with Crippen molar-refractivity contribution in [2.24, 2.45) is 0 Å². The van der Waals surface area contributed by atoms with Gasteiger partial charge in [-0.05, 0) is 6.54 Å². The van der Waals surface area contributed by atoms with E-state index < -0.39 is 0 Å². The summed E-state index contributed by atoms with van der Waals surface area (Å²) in [6, 6.07) is 0. The molecule has 2 radical (unpaired) electrons. The van der Waals surface area contributed by atoms with E-state index in [0.29, 0.717) is 12.1 Å². The molecule has 0 unspecified atom stereocenters. The number of carbonyl (C=O) groups excluding carboxylic acids is 1. The third-order valence-electron chi connectivity index (χ3n) is 1.03. The molecule has 1 rings (SSSR count). The van der Waals surface area contributed by atoms with Crippen LogP contribution in [0.15, 0.2) is 11.1 Å². The minimum Gasteiger partial charge on any atom is -0.428 e. The Labute approximate surface area is 151 Å². The average Bonchev–Trinajstić information content (AvgIpc) is 2.39. The minimum atomic E-state index is -0.262. The Bertz CT molecular complexity index is 183. The first-order valence-corrected chi connectivity index (χ1v) is 4.55. The molecule has 0 aliphatic carbocycles. The molecule has 1 saturated heterocycles. The molecule has 0 aromatic rings. The fourth-order valence-electron chi connectivity index (χ4n) is 0.512. The van der Waals surface area contributed by atoms with Crippen molar-refractivity contribution in [1.29, 1.82) is 0 Å². The molecule has 1 aliphatic heterocycles. The Hall–Kier alpha value is 1.16. The second kappa shape index (κ2) is 18.5. The molecule has 0 atom stereocenters. The zero-order valence-corrected chi connectivity index (χ0v) is 16.3. The third kappa shape index (κ3) is 15.2. The maximum Gasteiger partial charge on any atom is 0.0524 e. The molecule has 88 valence electrons. The maximum atomic E-state index is 10.4. The van der Waals surface area contributed by atoms with Crippen molar-refractivity contribution in [2.75, 3.05) is 6.54 Å². The summed E-state index contributed by atoms with van der Waals surface area (Å²) in [5.41, 5.74) is 0.597. The van der Waals surface area contributed by atoms with Gasteiger partial charge in [0.05, 0.1) is 5.91 Å². The van der Waals surface area contributed by atoms with Crippen molar-refractivity contribution >= 4 is 5.91 Å². The molecule has 1 heterocycles. The molecular formula is C12H19NOY2-4. The van der Waals surface area contributed by atoms with Crippen LogP contribution in [0.1, 0.15) is 27.7 Å². The summed E-state index contributed by atoms with van der Waals surface area (Å²) < 4.78 is 0. The monoisotopic (exact) mass is 371 g/mol. The van der Waals surface area contributed by atoms with Gasteiger partial charge in [-0.2, -0.15) is 27.7 Å². The topological polar surface area (TPSA) is 29.1 Å². The maximum absolute atomic E-state index is 10.4. The molecule has 0 saturated carbocycles. The summed E-state index contributed by atoms with van der Waals surface area (Å²) in [5.74, 6) is -0.262. The van der Waals surface area contributed by atoms with Crippen molar-refractivity contribution in [3.05, 3.63) is 37.1 Å². The molecule has 2 nitrogen and oxygen atoms in total. The zero-order chi connectivity index (χ0) is 11.6. The van der Waals surface area contributed by atoms with Gasteiger partial charge < -0.3 is 41.7 Å². The number of hydrogen-bond donors (Lipinski definition) is 1. The van der Waals surface area contributed by atoms with Crippen molar-refractivity contribution in [1.82, 2.24) is 5.32 Å². The smallest absolute Gasteiger partial charge is 0.0524 e. The fraction of sp³-hybridized carbons (Fsp3) is 0.417. The summed E-state index contributed by atoms with van der Waals surface area (Å²) in [6.45, 7) is 18.8. The van der Waals surface area contributed by atoms with Crippen molar-refractivity contribution in [2.45, 2.75) is 27.7 Å². The molecule has 1 N–H and O–H groups in total. The summed E-state index contributed by atoms with van der Waals surface area (Å²) in [7, 11) is 0. The van der Waals surface area contributed by atoms with Gasteiger partial charge in [-0.3, -0.25) is 5.57 Å². The normalized spacial score (nSPS) is 11.9.